The molecule has 1 heterocycles. The quantitative estimate of drug-likeness (QED) is 0.805. The van der Waals surface area contributed by atoms with Crippen LogP contribution in [0.2, 0.25) is 0 Å². The number of hydrogen-bond acceptors (Lipinski definition) is 2. The standard InChI is InChI=1S/C12H19NS/c1-12(2,3)11-8-7-10(14-11)6-5-9-13-4/h5-8,13H,9H2,1-4H3/b6-5+. The Balaban J connectivity index is 2.69. The zero-order valence-corrected chi connectivity index (χ0v) is 10.2. The lowest BCUT2D eigenvalue weighted by Crippen LogP contribution is -2.07. The SMILES string of the molecule is CNC/C=C/c1ccc(C(C)(C)C)s1. The van der Waals surface area contributed by atoms with Crippen molar-refractivity contribution in [2.24, 2.45) is 0 Å². The van der Waals surface area contributed by atoms with Crippen LogP contribution in [0.5, 0.6) is 0 Å². The minimum absolute atomic E-state index is 0.278. The topological polar surface area (TPSA) is 12.0 Å². The number of hydrogen-bond donors (Lipinski definition) is 1. The minimum atomic E-state index is 0.278. The molecule has 0 amide bonds. The van der Waals surface area contributed by atoms with Crippen LogP contribution in [0.25, 0.3) is 6.08 Å². The molecule has 0 fully saturated rings. The van der Waals surface area contributed by atoms with Gasteiger partial charge >= 0.3 is 0 Å². The van der Waals surface area contributed by atoms with Gasteiger partial charge in [0, 0.05) is 16.3 Å². The zero-order valence-electron chi connectivity index (χ0n) is 9.42. The first-order chi connectivity index (χ1) is 6.54. The maximum atomic E-state index is 3.09. The molecule has 1 rings (SSSR count). The van der Waals surface area contributed by atoms with Crippen LogP contribution in [-0.2, 0) is 5.41 Å². The van der Waals surface area contributed by atoms with E-state index in [4.69, 9.17) is 0 Å². The third kappa shape index (κ3) is 3.28. The lowest BCUT2D eigenvalue weighted by atomic mass is 9.95. The molecule has 0 unspecified atom stereocenters. The summed E-state index contributed by atoms with van der Waals surface area (Å²) in [4.78, 5) is 2.78. The Hall–Kier alpha value is -0.600. The fraction of sp³-hybridized carbons (Fsp3) is 0.500. The molecule has 0 saturated heterocycles. The Kier molecular flexibility index (Phi) is 3.90. The van der Waals surface area contributed by atoms with Gasteiger partial charge in [-0.15, -0.1) is 11.3 Å². The second kappa shape index (κ2) is 4.76. The van der Waals surface area contributed by atoms with Crippen molar-refractivity contribution in [3.63, 3.8) is 0 Å². The molecule has 0 bridgehead atoms. The lowest BCUT2D eigenvalue weighted by Gasteiger charge is -2.15. The van der Waals surface area contributed by atoms with Gasteiger partial charge in [-0.3, -0.25) is 0 Å². The first-order valence-electron chi connectivity index (χ1n) is 4.95. The molecule has 0 radical (unpaired) electrons. The monoisotopic (exact) mass is 209 g/mol. The molecular weight excluding hydrogens is 190 g/mol. The third-order valence-corrected chi connectivity index (χ3v) is 3.45. The second-order valence-corrected chi connectivity index (χ2v) is 5.53. The normalized spacial score (nSPS) is 12.6. The Morgan fingerprint density at radius 3 is 2.57 bits per heavy atom. The van der Waals surface area contributed by atoms with Gasteiger partial charge in [-0.1, -0.05) is 26.8 Å². The second-order valence-electron chi connectivity index (χ2n) is 4.41. The van der Waals surface area contributed by atoms with E-state index in [1.165, 1.54) is 9.75 Å². The Labute approximate surface area is 90.9 Å². The molecule has 1 aromatic rings. The van der Waals surface area contributed by atoms with Gasteiger partial charge in [-0.05, 0) is 30.7 Å². The van der Waals surface area contributed by atoms with Crippen LogP contribution in [0.1, 0.15) is 30.5 Å². The van der Waals surface area contributed by atoms with Crippen molar-refractivity contribution >= 4 is 17.4 Å². The molecular formula is C12H19NS. The van der Waals surface area contributed by atoms with Crippen molar-refractivity contribution in [2.75, 3.05) is 13.6 Å². The van der Waals surface area contributed by atoms with Crippen molar-refractivity contribution in [1.29, 1.82) is 0 Å². The maximum Gasteiger partial charge on any atom is 0.0270 e. The molecule has 0 aliphatic carbocycles. The van der Waals surface area contributed by atoms with Crippen molar-refractivity contribution in [2.45, 2.75) is 26.2 Å². The highest BCUT2D eigenvalue weighted by Crippen LogP contribution is 2.29. The summed E-state index contributed by atoms with van der Waals surface area (Å²) in [6, 6.07) is 4.42. The van der Waals surface area contributed by atoms with Crippen LogP contribution in [0, 0.1) is 0 Å². The average Bonchev–Trinajstić information content (AvgIpc) is 2.52. The number of likely N-dealkylation sites (N-methyl/N-ethyl adjacent to an activating group) is 1. The van der Waals surface area contributed by atoms with E-state index in [0.717, 1.165) is 6.54 Å². The first kappa shape index (κ1) is 11.5. The van der Waals surface area contributed by atoms with E-state index in [-0.39, 0.29) is 5.41 Å². The summed E-state index contributed by atoms with van der Waals surface area (Å²) in [5.41, 5.74) is 0.278. The van der Waals surface area contributed by atoms with Gasteiger partial charge in [0.15, 0.2) is 0 Å². The van der Waals surface area contributed by atoms with Crippen molar-refractivity contribution in [1.82, 2.24) is 5.32 Å². The number of nitrogens with one attached hydrogen (secondary N) is 1. The molecule has 1 nitrogen and oxygen atoms in total. The fourth-order valence-corrected chi connectivity index (χ4v) is 2.13. The molecule has 0 aliphatic heterocycles. The first-order valence-corrected chi connectivity index (χ1v) is 5.77. The maximum absolute atomic E-state index is 3.09. The van der Waals surface area contributed by atoms with Gasteiger partial charge in [-0.2, -0.15) is 0 Å². The van der Waals surface area contributed by atoms with E-state index < -0.39 is 0 Å². The molecule has 1 N–H and O–H groups in total. The molecule has 0 saturated carbocycles. The van der Waals surface area contributed by atoms with Gasteiger partial charge in [0.05, 0.1) is 0 Å². The number of rotatable bonds is 3. The highest BCUT2D eigenvalue weighted by Gasteiger charge is 2.14. The third-order valence-electron chi connectivity index (χ3n) is 1.97. The molecule has 0 aromatic carbocycles. The van der Waals surface area contributed by atoms with Crippen molar-refractivity contribution in [3.8, 4) is 0 Å². The summed E-state index contributed by atoms with van der Waals surface area (Å²) in [7, 11) is 1.96. The van der Waals surface area contributed by atoms with E-state index in [0.29, 0.717) is 0 Å². The van der Waals surface area contributed by atoms with Crippen LogP contribution in [0.4, 0.5) is 0 Å². The van der Waals surface area contributed by atoms with Crippen LogP contribution < -0.4 is 5.32 Å². The summed E-state index contributed by atoms with van der Waals surface area (Å²) in [5, 5.41) is 3.09. The summed E-state index contributed by atoms with van der Waals surface area (Å²) in [6.45, 7) is 7.68. The van der Waals surface area contributed by atoms with E-state index in [9.17, 15) is 0 Å². The minimum Gasteiger partial charge on any atom is -0.316 e. The van der Waals surface area contributed by atoms with Crippen molar-refractivity contribution < 1.29 is 0 Å². The largest absolute Gasteiger partial charge is 0.316 e. The van der Waals surface area contributed by atoms with E-state index in [1.54, 1.807) is 0 Å². The molecule has 14 heavy (non-hydrogen) atoms. The number of thiophene rings is 1. The van der Waals surface area contributed by atoms with Gasteiger partial charge in [0.25, 0.3) is 0 Å². The summed E-state index contributed by atoms with van der Waals surface area (Å²) in [5.74, 6) is 0. The zero-order chi connectivity index (χ0) is 10.6. The predicted molar refractivity (Wildman–Crippen MR) is 66.0 cm³/mol. The van der Waals surface area contributed by atoms with E-state index in [1.807, 2.05) is 18.4 Å². The summed E-state index contributed by atoms with van der Waals surface area (Å²) < 4.78 is 0. The fourth-order valence-electron chi connectivity index (χ4n) is 1.14. The Morgan fingerprint density at radius 2 is 2.07 bits per heavy atom. The molecule has 0 atom stereocenters. The van der Waals surface area contributed by atoms with Gasteiger partial charge in [0.1, 0.15) is 0 Å². The summed E-state index contributed by atoms with van der Waals surface area (Å²) in [6.07, 6.45) is 4.33. The molecule has 0 aliphatic rings. The highest BCUT2D eigenvalue weighted by molar-refractivity contribution is 7.13. The molecule has 78 valence electrons. The summed E-state index contributed by atoms with van der Waals surface area (Å²) >= 11 is 1.88. The average molecular weight is 209 g/mol. The Bertz CT molecular complexity index is 304. The van der Waals surface area contributed by atoms with Crippen LogP contribution in [-0.4, -0.2) is 13.6 Å². The smallest absolute Gasteiger partial charge is 0.0270 e. The van der Waals surface area contributed by atoms with E-state index >= 15 is 0 Å². The van der Waals surface area contributed by atoms with Gasteiger partial charge in [-0.25, -0.2) is 0 Å². The molecule has 1 aromatic heterocycles. The van der Waals surface area contributed by atoms with Crippen LogP contribution >= 0.6 is 11.3 Å². The Morgan fingerprint density at radius 1 is 1.36 bits per heavy atom. The molecule has 2 heteroatoms. The van der Waals surface area contributed by atoms with Gasteiger partial charge in [0.2, 0.25) is 0 Å². The van der Waals surface area contributed by atoms with E-state index in [2.05, 4.69) is 50.4 Å². The van der Waals surface area contributed by atoms with Crippen LogP contribution in [0.15, 0.2) is 18.2 Å². The lowest BCUT2D eigenvalue weighted by molar-refractivity contribution is 0.604. The molecule has 0 spiro atoms. The predicted octanol–water partition coefficient (Wildman–Crippen LogP) is 3.28. The van der Waals surface area contributed by atoms with Crippen molar-refractivity contribution in [3.05, 3.63) is 28.0 Å². The van der Waals surface area contributed by atoms with Crippen LogP contribution in [0.3, 0.4) is 0 Å². The highest BCUT2D eigenvalue weighted by atomic mass is 32.1. The van der Waals surface area contributed by atoms with Gasteiger partial charge < -0.3 is 5.32 Å².